The van der Waals surface area contributed by atoms with Gasteiger partial charge in [-0.25, -0.2) is 9.82 Å². The molecule has 3 N–H and O–H groups in total. The van der Waals surface area contributed by atoms with Gasteiger partial charge in [-0.3, -0.25) is 0 Å². The van der Waals surface area contributed by atoms with Crippen LogP contribution in [0.2, 0.25) is 0 Å². The van der Waals surface area contributed by atoms with Crippen LogP contribution < -0.4 is 10.9 Å². The summed E-state index contributed by atoms with van der Waals surface area (Å²) in [5.74, 6) is 0.0294. The minimum atomic E-state index is -0.249. The molecule has 0 saturated heterocycles. The minimum absolute atomic E-state index is 0.0548. The van der Waals surface area contributed by atoms with Gasteiger partial charge in [0.1, 0.15) is 11.6 Å². The lowest BCUT2D eigenvalue weighted by atomic mass is 10.0. The van der Waals surface area contributed by atoms with Crippen molar-refractivity contribution in [3.8, 4) is 5.75 Å². The lowest BCUT2D eigenvalue weighted by molar-refractivity contribution is 0.468. The van der Waals surface area contributed by atoms with E-state index in [4.69, 9.17) is 0 Å². The summed E-state index contributed by atoms with van der Waals surface area (Å²) in [6, 6.07) is 10.2. The number of aromatic hydroxyl groups is 1. The maximum atomic E-state index is 13.0. The Labute approximate surface area is 123 Å². The number of rotatable bonds is 2. The van der Waals surface area contributed by atoms with E-state index in [1.54, 1.807) is 12.1 Å². The maximum absolute atomic E-state index is 13.0. The van der Waals surface area contributed by atoms with Crippen molar-refractivity contribution in [2.45, 2.75) is 19.9 Å². The molecule has 21 heavy (non-hydrogen) atoms. The molecule has 108 valence electrons. The van der Waals surface area contributed by atoms with Crippen molar-refractivity contribution >= 4 is 5.70 Å². The number of nitrogens with one attached hydrogen (secondary N) is 2. The van der Waals surface area contributed by atoms with Crippen LogP contribution in [0.3, 0.4) is 0 Å². The number of phenols is 1. The fourth-order valence-electron chi connectivity index (χ4n) is 2.58. The van der Waals surface area contributed by atoms with Gasteiger partial charge in [0, 0.05) is 5.56 Å². The molecule has 0 aliphatic carbocycles. The topological polar surface area (TPSA) is 44.3 Å². The monoisotopic (exact) mass is 284 g/mol. The van der Waals surface area contributed by atoms with Crippen molar-refractivity contribution in [1.29, 1.82) is 0 Å². The van der Waals surface area contributed by atoms with Crippen LogP contribution in [0.15, 0.2) is 42.5 Å². The third kappa shape index (κ3) is 2.62. The molecule has 1 atom stereocenters. The highest BCUT2D eigenvalue weighted by Gasteiger charge is 2.20. The number of phenolic OH excluding ortho intramolecular Hbond substituents is 1. The fourth-order valence-corrected chi connectivity index (χ4v) is 2.58. The van der Waals surface area contributed by atoms with Gasteiger partial charge in [-0.2, -0.15) is 0 Å². The number of hydrazine groups is 1. The Morgan fingerprint density at radius 2 is 1.81 bits per heavy atom. The summed E-state index contributed by atoms with van der Waals surface area (Å²) >= 11 is 0. The van der Waals surface area contributed by atoms with E-state index >= 15 is 0 Å². The SMILES string of the molecule is Cc1cc(C)c(O)c(C2=C[C@@H](c3ccc(F)cc3)NN2)c1. The molecule has 4 heteroatoms. The molecule has 3 rings (SSSR count). The molecule has 3 nitrogen and oxygen atoms in total. The van der Waals surface area contributed by atoms with Crippen LogP contribution in [0.5, 0.6) is 5.75 Å². The van der Waals surface area contributed by atoms with Crippen molar-refractivity contribution in [3.05, 3.63) is 70.5 Å². The van der Waals surface area contributed by atoms with Crippen LogP contribution in [-0.4, -0.2) is 5.11 Å². The van der Waals surface area contributed by atoms with Crippen molar-refractivity contribution in [2.75, 3.05) is 0 Å². The average Bonchev–Trinajstić information content (AvgIpc) is 2.93. The summed E-state index contributed by atoms with van der Waals surface area (Å²) < 4.78 is 13.0. The number of hydrogen-bond acceptors (Lipinski definition) is 3. The summed E-state index contributed by atoms with van der Waals surface area (Å²) in [6.07, 6.45) is 1.99. The van der Waals surface area contributed by atoms with Gasteiger partial charge in [0.05, 0.1) is 11.7 Å². The van der Waals surface area contributed by atoms with E-state index in [-0.39, 0.29) is 17.6 Å². The zero-order valence-corrected chi connectivity index (χ0v) is 11.9. The molecule has 0 aromatic heterocycles. The zero-order chi connectivity index (χ0) is 15.0. The van der Waals surface area contributed by atoms with Gasteiger partial charge < -0.3 is 10.5 Å². The fraction of sp³-hybridized carbons (Fsp3) is 0.176. The highest BCUT2D eigenvalue weighted by molar-refractivity contribution is 5.72. The molecule has 2 aromatic carbocycles. The Morgan fingerprint density at radius 1 is 1.10 bits per heavy atom. The van der Waals surface area contributed by atoms with Crippen LogP contribution >= 0.6 is 0 Å². The second kappa shape index (κ2) is 5.22. The summed E-state index contributed by atoms with van der Waals surface area (Å²) in [7, 11) is 0. The molecule has 0 bridgehead atoms. The van der Waals surface area contributed by atoms with Gasteiger partial charge >= 0.3 is 0 Å². The van der Waals surface area contributed by atoms with Crippen molar-refractivity contribution in [3.63, 3.8) is 0 Å². The van der Waals surface area contributed by atoms with Crippen LogP contribution in [-0.2, 0) is 0 Å². The molecule has 1 heterocycles. The third-order valence-electron chi connectivity index (χ3n) is 3.66. The first-order valence-electron chi connectivity index (χ1n) is 6.84. The van der Waals surface area contributed by atoms with Gasteiger partial charge in [-0.05, 0) is 54.8 Å². The van der Waals surface area contributed by atoms with Crippen LogP contribution in [0.4, 0.5) is 4.39 Å². The lowest BCUT2D eigenvalue weighted by Crippen LogP contribution is -2.26. The Kier molecular flexibility index (Phi) is 3.39. The quantitative estimate of drug-likeness (QED) is 0.792. The van der Waals surface area contributed by atoms with Crippen molar-refractivity contribution in [2.24, 2.45) is 0 Å². The maximum Gasteiger partial charge on any atom is 0.127 e. The summed E-state index contributed by atoms with van der Waals surface area (Å²) in [4.78, 5) is 0. The molecule has 0 unspecified atom stereocenters. The van der Waals surface area contributed by atoms with E-state index in [1.807, 2.05) is 32.1 Å². The second-order valence-electron chi connectivity index (χ2n) is 5.36. The normalized spacial score (nSPS) is 17.5. The average molecular weight is 284 g/mol. The van der Waals surface area contributed by atoms with E-state index in [9.17, 15) is 9.50 Å². The Morgan fingerprint density at radius 3 is 2.52 bits per heavy atom. The van der Waals surface area contributed by atoms with Crippen molar-refractivity contribution < 1.29 is 9.50 Å². The van der Waals surface area contributed by atoms with Crippen LogP contribution in [0.1, 0.15) is 28.3 Å². The third-order valence-corrected chi connectivity index (χ3v) is 3.66. The molecule has 0 radical (unpaired) electrons. The summed E-state index contributed by atoms with van der Waals surface area (Å²) in [5.41, 5.74) is 10.7. The molecule has 1 aliphatic heterocycles. The molecule has 1 aliphatic rings. The number of hydrogen-bond donors (Lipinski definition) is 3. The Bertz CT molecular complexity index is 707. The predicted octanol–water partition coefficient (Wildman–Crippen LogP) is 3.34. The molecular formula is C17H17FN2O. The van der Waals surface area contributed by atoms with E-state index < -0.39 is 0 Å². The van der Waals surface area contributed by atoms with Crippen molar-refractivity contribution in [1.82, 2.24) is 10.9 Å². The largest absolute Gasteiger partial charge is 0.507 e. The highest BCUT2D eigenvalue weighted by atomic mass is 19.1. The van der Waals surface area contributed by atoms with E-state index in [0.717, 1.165) is 28.0 Å². The standard InChI is InChI=1S/C17H17FN2O/c1-10-7-11(2)17(21)14(8-10)16-9-15(19-20-16)12-3-5-13(18)6-4-12/h3-9,15,19-21H,1-2H3/t15-/m0/s1. The zero-order valence-electron chi connectivity index (χ0n) is 11.9. The molecule has 0 amide bonds. The van der Waals surface area contributed by atoms with Gasteiger partial charge in [-0.1, -0.05) is 18.2 Å². The van der Waals surface area contributed by atoms with Gasteiger partial charge in [0.15, 0.2) is 0 Å². The first kappa shape index (κ1) is 13.6. The predicted molar refractivity (Wildman–Crippen MR) is 81.0 cm³/mol. The first-order valence-corrected chi connectivity index (χ1v) is 6.84. The molecule has 0 spiro atoms. The molecule has 0 saturated carbocycles. The Hall–Kier alpha value is -2.33. The van der Waals surface area contributed by atoms with Gasteiger partial charge in [0.2, 0.25) is 0 Å². The van der Waals surface area contributed by atoms with E-state index in [1.165, 1.54) is 12.1 Å². The summed E-state index contributed by atoms with van der Waals surface area (Å²) in [5, 5.41) is 10.2. The molecule has 2 aromatic rings. The van der Waals surface area contributed by atoms with E-state index in [0.29, 0.717) is 0 Å². The smallest absolute Gasteiger partial charge is 0.127 e. The van der Waals surface area contributed by atoms with Crippen LogP contribution in [0.25, 0.3) is 5.70 Å². The number of halogens is 1. The molecular weight excluding hydrogens is 267 g/mol. The number of aryl methyl sites for hydroxylation is 2. The van der Waals surface area contributed by atoms with E-state index in [2.05, 4.69) is 10.9 Å². The van der Waals surface area contributed by atoms with Crippen LogP contribution in [0, 0.1) is 19.7 Å². The Balaban J connectivity index is 1.95. The van der Waals surface area contributed by atoms with Gasteiger partial charge in [-0.15, -0.1) is 0 Å². The number of benzene rings is 2. The lowest BCUT2D eigenvalue weighted by Gasteiger charge is -2.11. The van der Waals surface area contributed by atoms with Gasteiger partial charge in [0.25, 0.3) is 0 Å². The second-order valence-corrected chi connectivity index (χ2v) is 5.36. The summed E-state index contributed by atoms with van der Waals surface area (Å²) in [6.45, 7) is 3.88. The minimum Gasteiger partial charge on any atom is -0.507 e. The first-order chi connectivity index (χ1) is 10.0. The molecule has 0 fully saturated rings. The highest BCUT2D eigenvalue weighted by Crippen LogP contribution is 2.32.